The Morgan fingerprint density at radius 2 is 0.963 bits per heavy atom. The maximum absolute atomic E-state index is 6.28. The van der Waals surface area contributed by atoms with Crippen LogP contribution in [0.5, 0.6) is 0 Å². The number of nitrogens with zero attached hydrogens (tertiary/aromatic N) is 1. The summed E-state index contributed by atoms with van der Waals surface area (Å²) >= 11 is 0. The minimum atomic E-state index is 0.870. The molecular weight excluding hydrogens is 655 g/mol. The van der Waals surface area contributed by atoms with Gasteiger partial charge in [-0.2, -0.15) is 0 Å². The SMILES string of the molecule is c1ccc(-c2ccc(-c3ccccc3N(c3ccc4ccccc4c3)c3ccc(-c4cccc(-c5cc6ccccc6o5)c4)c4ccccc34)cc2)cc1. The molecule has 0 saturated heterocycles. The third-order valence-electron chi connectivity index (χ3n) is 10.5. The molecule has 1 heterocycles. The molecule has 0 saturated carbocycles. The van der Waals surface area contributed by atoms with Gasteiger partial charge in [-0.05, 0) is 86.4 Å². The van der Waals surface area contributed by atoms with E-state index in [2.05, 4.69) is 199 Å². The van der Waals surface area contributed by atoms with Crippen molar-refractivity contribution in [2.45, 2.75) is 0 Å². The fraction of sp³-hybridized carbons (Fsp3) is 0. The van der Waals surface area contributed by atoms with Gasteiger partial charge in [0.05, 0.1) is 11.4 Å². The van der Waals surface area contributed by atoms with Crippen LogP contribution in [-0.4, -0.2) is 0 Å². The lowest BCUT2D eigenvalue weighted by Crippen LogP contribution is -2.12. The molecule has 2 nitrogen and oxygen atoms in total. The average Bonchev–Trinajstić information content (AvgIpc) is 3.69. The molecule has 0 bridgehead atoms. The first-order valence-electron chi connectivity index (χ1n) is 18.4. The molecule has 0 N–H and O–H groups in total. The van der Waals surface area contributed by atoms with Crippen LogP contribution in [0.15, 0.2) is 217 Å². The maximum atomic E-state index is 6.28. The lowest BCUT2D eigenvalue weighted by molar-refractivity contribution is 0.631. The molecule has 10 aromatic rings. The molecular formula is C52H35NO. The van der Waals surface area contributed by atoms with Crippen molar-refractivity contribution in [2.75, 3.05) is 4.90 Å². The third kappa shape index (κ3) is 5.71. The highest BCUT2D eigenvalue weighted by atomic mass is 16.3. The Kier molecular flexibility index (Phi) is 7.85. The molecule has 2 heteroatoms. The molecule has 0 spiro atoms. The van der Waals surface area contributed by atoms with Crippen LogP contribution in [0.2, 0.25) is 0 Å². The Labute approximate surface area is 314 Å². The van der Waals surface area contributed by atoms with Crippen molar-refractivity contribution in [1.82, 2.24) is 0 Å². The number of benzene rings is 9. The van der Waals surface area contributed by atoms with Gasteiger partial charge in [0.2, 0.25) is 0 Å². The Morgan fingerprint density at radius 1 is 0.315 bits per heavy atom. The summed E-state index contributed by atoms with van der Waals surface area (Å²) in [5, 5.41) is 5.89. The maximum Gasteiger partial charge on any atom is 0.135 e. The van der Waals surface area contributed by atoms with E-state index in [1.165, 1.54) is 43.8 Å². The molecule has 0 unspecified atom stereocenters. The van der Waals surface area contributed by atoms with Crippen molar-refractivity contribution >= 4 is 49.6 Å². The van der Waals surface area contributed by atoms with Gasteiger partial charge in [-0.3, -0.25) is 0 Å². The summed E-state index contributed by atoms with van der Waals surface area (Å²) in [6.07, 6.45) is 0. The molecule has 10 rings (SSSR count). The number of furan rings is 1. The number of fused-ring (bicyclic) bond motifs is 3. The van der Waals surface area contributed by atoms with Gasteiger partial charge in [0.25, 0.3) is 0 Å². The zero-order valence-corrected chi connectivity index (χ0v) is 29.6. The second-order valence-corrected chi connectivity index (χ2v) is 13.7. The van der Waals surface area contributed by atoms with Crippen LogP contribution in [0.4, 0.5) is 17.1 Å². The standard InChI is InChI=1S/C52H35NO/c1-2-13-36(14-3-1)38-25-27-39(28-26-38)46-20-9-10-23-49(46)53(44-30-29-37-15-4-5-16-40(37)34-44)50-32-31-45(47-21-7-8-22-48(47)50)41-18-12-19-42(33-41)52-35-43-17-6-11-24-51(43)54-52/h1-35H. The van der Waals surface area contributed by atoms with Crippen LogP contribution in [-0.2, 0) is 0 Å². The van der Waals surface area contributed by atoms with E-state index in [-0.39, 0.29) is 0 Å². The molecule has 54 heavy (non-hydrogen) atoms. The van der Waals surface area contributed by atoms with Crippen molar-refractivity contribution < 1.29 is 4.42 Å². The van der Waals surface area contributed by atoms with Crippen LogP contribution in [0.1, 0.15) is 0 Å². The van der Waals surface area contributed by atoms with Crippen molar-refractivity contribution in [2.24, 2.45) is 0 Å². The van der Waals surface area contributed by atoms with E-state index in [1.54, 1.807) is 0 Å². The molecule has 9 aromatic carbocycles. The van der Waals surface area contributed by atoms with Gasteiger partial charge in [0.15, 0.2) is 0 Å². The summed E-state index contributed by atoms with van der Waals surface area (Å²) in [6, 6.07) is 76.0. The molecule has 0 aliphatic rings. The summed E-state index contributed by atoms with van der Waals surface area (Å²) < 4.78 is 6.28. The molecule has 0 aliphatic carbocycles. The summed E-state index contributed by atoms with van der Waals surface area (Å²) in [4.78, 5) is 2.43. The quantitative estimate of drug-likeness (QED) is 0.166. The fourth-order valence-electron chi connectivity index (χ4n) is 7.80. The summed E-state index contributed by atoms with van der Waals surface area (Å²) in [5.74, 6) is 0.870. The Bertz CT molecular complexity index is 2910. The molecule has 254 valence electrons. The van der Waals surface area contributed by atoms with Gasteiger partial charge in [-0.25, -0.2) is 0 Å². The highest BCUT2D eigenvalue weighted by Gasteiger charge is 2.21. The minimum absolute atomic E-state index is 0.870. The first kappa shape index (κ1) is 31.6. The number of rotatable bonds is 7. The van der Waals surface area contributed by atoms with Crippen LogP contribution >= 0.6 is 0 Å². The van der Waals surface area contributed by atoms with E-state index in [9.17, 15) is 0 Å². The fourth-order valence-corrected chi connectivity index (χ4v) is 7.80. The second-order valence-electron chi connectivity index (χ2n) is 13.7. The van der Waals surface area contributed by atoms with Crippen LogP contribution < -0.4 is 4.90 Å². The minimum Gasteiger partial charge on any atom is -0.456 e. The van der Waals surface area contributed by atoms with E-state index in [1.807, 2.05) is 18.2 Å². The van der Waals surface area contributed by atoms with Gasteiger partial charge in [0.1, 0.15) is 11.3 Å². The predicted molar refractivity (Wildman–Crippen MR) is 228 cm³/mol. The van der Waals surface area contributed by atoms with Crippen LogP contribution in [0, 0.1) is 0 Å². The van der Waals surface area contributed by atoms with Gasteiger partial charge in [-0.15, -0.1) is 0 Å². The molecule has 0 atom stereocenters. The predicted octanol–water partition coefficient (Wildman–Crippen LogP) is 14.9. The molecule has 0 fully saturated rings. The smallest absolute Gasteiger partial charge is 0.135 e. The molecule has 1 aromatic heterocycles. The topological polar surface area (TPSA) is 16.4 Å². The van der Waals surface area contributed by atoms with Crippen LogP contribution in [0.25, 0.3) is 77.2 Å². The Morgan fingerprint density at radius 3 is 1.81 bits per heavy atom. The molecule has 0 amide bonds. The lowest BCUT2D eigenvalue weighted by Gasteiger charge is -2.30. The van der Waals surface area contributed by atoms with Crippen molar-refractivity contribution in [3.63, 3.8) is 0 Å². The lowest BCUT2D eigenvalue weighted by atomic mass is 9.94. The number of hydrogen-bond acceptors (Lipinski definition) is 2. The third-order valence-corrected chi connectivity index (χ3v) is 10.5. The van der Waals surface area contributed by atoms with E-state index < -0.39 is 0 Å². The highest BCUT2D eigenvalue weighted by molar-refractivity contribution is 6.08. The Balaban J connectivity index is 1.14. The molecule has 0 radical (unpaired) electrons. The van der Waals surface area contributed by atoms with Crippen LogP contribution in [0.3, 0.4) is 0 Å². The Hall–Kier alpha value is -7.16. The largest absolute Gasteiger partial charge is 0.456 e. The zero-order chi connectivity index (χ0) is 35.8. The highest BCUT2D eigenvalue weighted by Crippen LogP contribution is 2.46. The number of hydrogen-bond donors (Lipinski definition) is 0. The summed E-state index contributed by atoms with van der Waals surface area (Å²) in [6.45, 7) is 0. The van der Waals surface area contributed by atoms with E-state index in [4.69, 9.17) is 4.42 Å². The van der Waals surface area contributed by atoms with Crippen molar-refractivity contribution in [3.05, 3.63) is 212 Å². The second kappa shape index (κ2) is 13.4. The van der Waals surface area contributed by atoms with Gasteiger partial charge in [-0.1, -0.05) is 170 Å². The van der Waals surface area contributed by atoms with Gasteiger partial charge < -0.3 is 9.32 Å². The van der Waals surface area contributed by atoms with Crippen molar-refractivity contribution in [3.8, 4) is 44.7 Å². The number of anilines is 3. The van der Waals surface area contributed by atoms with Gasteiger partial charge >= 0.3 is 0 Å². The first-order chi connectivity index (χ1) is 26.8. The zero-order valence-electron chi connectivity index (χ0n) is 29.6. The van der Waals surface area contributed by atoms with E-state index in [0.717, 1.165) is 50.5 Å². The molecule has 0 aliphatic heterocycles. The normalized spacial score (nSPS) is 11.3. The van der Waals surface area contributed by atoms with E-state index in [0.29, 0.717) is 0 Å². The number of para-hydroxylation sites is 2. The van der Waals surface area contributed by atoms with Crippen molar-refractivity contribution in [1.29, 1.82) is 0 Å². The van der Waals surface area contributed by atoms with Gasteiger partial charge in [0, 0.05) is 27.6 Å². The summed E-state index contributed by atoms with van der Waals surface area (Å²) in [5.41, 5.74) is 12.4. The first-order valence-corrected chi connectivity index (χ1v) is 18.4. The monoisotopic (exact) mass is 689 g/mol. The van der Waals surface area contributed by atoms with E-state index >= 15 is 0 Å². The average molecular weight is 690 g/mol. The summed E-state index contributed by atoms with van der Waals surface area (Å²) in [7, 11) is 0.